The van der Waals surface area contributed by atoms with Gasteiger partial charge in [0, 0.05) is 16.9 Å². The first-order valence-corrected chi connectivity index (χ1v) is 10.1. The SMILES string of the molecule is Cc1cc(C(=O)Nc2ccc3c(c2)C2(COC(N)=N2)C2(COC2)C(C)(C)O3)nn1C(F)F. The number of fused-ring (bicyclic) bond motifs is 3. The molecule has 2 aromatic rings. The largest absolute Gasteiger partial charge is 0.487 e. The molecule has 32 heavy (non-hydrogen) atoms. The molecule has 9 nitrogen and oxygen atoms in total. The van der Waals surface area contributed by atoms with Gasteiger partial charge in [-0.1, -0.05) is 0 Å². The molecule has 1 unspecified atom stereocenters. The van der Waals surface area contributed by atoms with Crippen molar-refractivity contribution in [1.82, 2.24) is 9.78 Å². The molecule has 3 aliphatic rings. The quantitative estimate of drug-likeness (QED) is 0.748. The summed E-state index contributed by atoms with van der Waals surface area (Å²) in [5, 5.41) is 6.42. The van der Waals surface area contributed by atoms with Crippen LogP contribution in [0.15, 0.2) is 29.3 Å². The summed E-state index contributed by atoms with van der Waals surface area (Å²) < 4.78 is 44.0. The number of hydrogen-bond donors (Lipinski definition) is 2. The van der Waals surface area contributed by atoms with Gasteiger partial charge in [0.05, 0.1) is 18.6 Å². The van der Waals surface area contributed by atoms with Crippen molar-refractivity contribution < 1.29 is 27.8 Å². The van der Waals surface area contributed by atoms with Gasteiger partial charge in [-0.15, -0.1) is 0 Å². The summed E-state index contributed by atoms with van der Waals surface area (Å²) in [6.45, 7) is 3.66. The summed E-state index contributed by atoms with van der Waals surface area (Å²) in [7, 11) is 0. The number of aryl methyl sites for hydroxylation is 1. The average molecular weight is 447 g/mol. The van der Waals surface area contributed by atoms with E-state index in [1.54, 1.807) is 18.2 Å². The Morgan fingerprint density at radius 3 is 2.56 bits per heavy atom. The third-order valence-electron chi connectivity index (χ3n) is 6.76. The summed E-state index contributed by atoms with van der Waals surface area (Å²) in [6.07, 6.45) is 0. The predicted octanol–water partition coefficient (Wildman–Crippen LogP) is 2.57. The summed E-state index contributed by atoms with van der Waals surface area (Å²) in [5.74, 6) is -0.00340. The zero-order valence-electron chi connectivity index (χ0n) is 17.8. The maximum atomic E-state index is 13.0. The zero-order chi connectivity index (χ0) is 22.9. The lowest BCUT2D eigenvalue weighted by Crippen LogP contribution is -2.71. The number of benzene rings is 1. The number of nitrogens with one attached hydrogen (secondary N) is 1. The van der Waals surface area contributed by atoms with Crippen LogP contribution in [0.3, 0.4) is 0 Å². The van der Waals surface area contributed by atoms with Gasteiger partial charge in [0.25, 0.3) is 11.9 Å². The average Bonchev–Trinajstić information content (AvgIpc) is 3.25. The third-order valence-corrected chi connectivity index (χ3v) is 6.76. The van der Waals surface area contributed by atoms with E-state index in [1.165, 1.54) is 13.0 Å². The lowest BCUT2D eigenvalue weighted by atomic mass is 9.55. The van der Waals surface area contributed by atoms with Crippen LogP contribution in [0.1, 0.15) is 42.1 Å². The van der Waals surface area contributed by atoms with Gasteiger partial charge in [0.2, 0.25) is 0 Å². The Labute approximate surface area is 182 Å². The van der Waals surface area contributed by atoms with Crippen molar-refractivity contribution in [2.75, 3.05) is 25.1 Å². The van der Waals surface area contributed by atoms with E-state index >= 15 is 0 Å². The number of aliphatic imine (C=N–C) groups is 1. The summed E-state index contributed by atoms with van der Waals surface area (Å²) in [5.41, 5.74) is 5.19. The molecule has 0 saturated carbocycles. The first kappa shape index (κ1) is 20.7. The van der Waals surface area contributed by atoms with Crippen LogP contribution in [0.2, 0.25) is 0 Å². The van der Waals surface area contributed by atoms with E-state index in [2.05, 4.69) is 10.4 Å². The molecule has 1 atom stereocenters. The second kappa shape index (κ2) is 6.64. The molecule has 5 rings (SSSR count). The number of carbonyl (C=O) groups is 1. The summed E-state index contributed by atoms with van der Waals surface area (Å²) in [6, 6.07) is 6.57. The number of amidine groups is 1. The van der Waals surface area contributed by atoms with Crippen LogP contribution in [0.4, 0.5) is 14.5 Å². The monoisotopic (exact) mass is 447 g/mol. The predicted molar refractivity (Wildman–Crippen MR) is 110 cm³/mol. The van der Waals surface area contributed by atoms with Crippen LogP contribution < -0.4 is 15.8 Å². The molecule has 0 aliphatic carbocycles. The van der Waals surface area contributed by atoms with E-state index in [1.807, 2.05) is 13.8 Å². The first-order valence-electron chi connectivity index (χ1n) is 10.1. The normalized spacial score (nSPS) is 24.5. The number of ether oxygens (including phenoxy) is 3. The minimum Gasteiger partial charge on any atom is -0.487 e. The Bertz CT molecular complexity index is 1140. The summed E-state index contributed by atoms with van der Waals surface area (Å²) >= 11 is 0. The molecule has 1 aromatic heterocycles. The Morgan fingerprint density at radius 1 is 1.25 bits per heavy atom. The lowest BCUT2D eigenvalue weighted by Gasteiger charge is -2.61. The number of alkyl halides is 2. The molecule has 1 amide bonds. The van der Waals surface area contributed by atoms with Crippen molar-refractivity contribution in [3.63, 3.8) is 0 Å². The molecule has 3 aliphatic heterocycles. The van der Waals surface area contributed by atoms with Crippen molar-refractivity contribution in [1.29, 1.82) is 0 Å². The van der Waals surface area contributed by atoms with Crippen molar-refractivity contribution in [3.8, 4) is 5.75 Å². The van der Waals surface area contributed by atoms with E-state index in [0.29, 0.717) is 34.9 Å². The van der Waals surface area contributed by atoms with E-state index in [-0.39, 0.29) is 24.0 Å². The van der Waals surface area contributed by atoms with Crippen LogP contribution in [-0.2, 0) is 15.0 Å². The van der Waals surface area contributed by atoms with E-state index in [4.69, 9.17) is 24.9 Å². The van der Waals surface area contributed by atoms with Crippen LogP contribution in [0, 0.1) is 12.3 Å². The maximum absolute atomic E-state index is 13.0. The van der Waals surface area contributed by atoms with Gasteiger partial charge in [-0.3, -0.25) is 4.79 Å². The van der Waals surface area contributed by atoms with Crippen LogP contribution in [-0.4, -0.2) is 47.1 Å². The van der Waals surface area contributed by atoms with Gasteiger partial charge in [0.15, 0.2) is 5.69 Å². The zero-order valence-corrected chi connectivity index (χ0v) is 17.8. The Balaban J connectivity index is 1.53. The maximum Gasteiger partial charge on any atom is 0.333 e. The molecule has 11 heteroatoms. The standard InChI is InChI=1S/C21H23F2N5O4/c1-11-6-14(27-28(11)17(22)23)16(29)25-12-4-5-15-13(7-12)21(10-31-18(24)26-21)20(8-30-9-20)19(2,3)32-15/h4-7,17H,8-10H2,1-3H3,(H2,24,26)(H,25,29). The minimum absolute atomic E-state index is 0.0855. The fourth-order valence-corrected chi connectivity index (χ4v) is 4.85. The topological polar surface area (TPSA) is 113 Å². The highest BCUT2D eigenvalue weighted by molar-refractivity contribution is 6.03. The second-order valence-electron chi connectivity index (χ2n) is 8.84. The molecule has 0 bridgehead atoms. The Kier molecular flexibility index (Phi) is 4.29. The molecule has 0 radical (unpaired) electrons. The van der Waals surface area contributed by atoms with E-state index < -0.39 is 29.0 Å². The number of rotatable bonds is 3. The smallest absolute Gasteiger partial charge is 0.333 e. The Hall–Kier alpha value is -3.21. The van der Waals surface area contributed by atoms with Gasteiger partial charge in [0.1, 0.15) is 23.5 Å². The molecule has 3 N–H and O–H groups in total. The molecule has 4 heterocycles. The van der Waals surface area contributed by atoms with Gasteiger partial charge < -0.3 is 25.3 Å². The minimum atomic E-state index is -2.83. The molecule has 1 aromatic carbocycles. The lowest BCUT2D eigenvalue weighted by molar-refractivity contribution is -0.247. The molecule has 2 spiro atoms. The molecule has 170 valence electrons. The number of hydrogen-bond acceptors (Lipinski definition) is 7. The van der Waals surface area contributed by atoms with E-state index in [9.17, 15) is 13.6 Å². The third kappa shape index (κ3) is 2.66. The van der Waals surface area contributed by atoms with Crippen LogP contribution >= 0.6 is 0 Å². The molecule has 1 saturated heterocycles. The molecular formula is C21H23F2N5O4. The summed E-state index contributed by atoms with van der Waals surface area (Å²) in [4.78, 5) is 17.4. The van der Waals surface area contributed by atoms with Gasteiger partial charge in [-0.25, -0.2) is 9.67 Å². The first-order chi connectivity index (χ1) is 15.1. The number of anilines is 1. The molecular weight excluding hydrogens is 424 g/mol. The fraction of sp³-hybridized carbons (Fsp3) is 0.476. The second-order valence-corrected chi connectivity index (χ2v) is 8.84. The number of aromatic nitrogens is 2. The van der Waals surface area contributed by atoms with Crippen LogP contribution in [0.25, 0.3) is 0 Å². The number of halogens is 2. The van der Waals surface area contributed by atoms with E-state index in [0.717, 1.165) is 0 Å². The fourth-order valence-electron chi connectivity index (χ4n) is 4.85. The van der Waals surface area contributed by atoms with Crippen molar-refractivity contribution >= 4 is 17.6 Å². The highest BCUT2D eigenvalue weighted by Crippen LogP contribution is 2.62. The number of amides is 1. The highest BCUT2D eigenvalue weighted by Gasteiger charge is 2.71. The van der Waals surface area contributed by atoms with Gasteiger partial charge in [-0.2, -0.15) is 13.9 Å². The van der Waals surface area contributed by atoms with Crippen molar-refractivity contribution in [3.05, 3.63) is 41.2 Å². The number of nitrogens with zero attached hydrogens (tertiary/aromatic N) is 3. The highest BCUT2D eigenvalue weighted by atomic mass is 19.3. The van der Waals surface area contributed by atoms with Crippen molar-refractivity contribution in [2.45, 2.75) is 38.5 Å². The van der Waals surface area contributed by atoms with Gasteiger partial charge >= 0.3 is 6.55 Å². The Morgan fingerprint density at radius 2 is 2.00 bits per heavy atom. The van der Waals surface area contributed by atoms with Crippen molar-refractivity contribution in [2.24, 2.45) is 16.1 Å². The number of nitrogens with two attached hydrogens (primary N) is 1. The number of carbonyl (C=O) groups excluding carboxylic acids is 1. The van der Waals surface area contributed by atoms with Gasteiger partial charge in [-0.05, 0) is 45.0 Å². The van der Waals surface area contributed by atoms with Crippen LogP contribution in [0.5, 0.6) is 5.75 Å². The molecule has 1 fully saturated rings.